The summed E-state index contributed by atoms with van der Waals surface area (Å²) in [6, 6.07) is 14.4. The van der Waals surface area contributed by atoms with E-state index in [0.717, 1.165) is 28.6 Å². The number of amides is 2. The van der Waals surface area contributed by atoms with Gasteiger partial charge in [0.15, 0.2) is 0 Å². The predicted molar refractivity (Wildman–Crippen MR) is 99.8 cm³/mol. The molecule has 1 fully saturated rings. The van der Waals surface area contributed by atoms with E-state index in [-0.39, 0.29) is 5.91 Å². The number of carbonyl (C=O) groups excluding carboxylic acids is 2. The lowest BCUT2D eigenvalue weighted by Gasteiger charge is -2.16. The molecule has 0 aliphatic heterocycles. The number of carbonyl (C=O) groups is 2. The molecule has 2 amide bonds. The van der Waals surface area contributed by atoms with Crippen LogP contribution in [-0.4, -0.2) is 32.0 Å². The molecule has 9 heteroatoms. The van der Waals surface area contributed by atoms with Crippen LogP contribution in [-0.2, 0) is 10.2 Å². The van der Waals surface area contributed by atoms with Gasteiger partial charge in [-0.25, -0.2) is 4.68 Å². The Kier molecular flexibility index (Phi) is 4.44. The number of hydrogen-bond donors (Lipinski definition) is 2. The second kappa shape index (κ2) is 6.92. The van der Waals surface area contributed by atoms with Crippen molar-refractivity contribution in [2.75, 3.05) is 0 Å². The Morgan fingerprint density at radius 1 is 1.07 bits per heavy atom. The Bertz CT molecular complexity index is 983. The fraction of sp³-hybridized carbons (Fsp3) is 0.167. The van der Waals surface area contributed by atoms with Crippen LogP contribution in [0.5, 0.6) is 0 Å². The summed E-state index contributed by atoms with van der Waals surface area (Å²) in [5.74, 6) is -0.601. The van der Waals surface area contributed by atoms with Crippen LogP contribution in [0.4, 0.5) is 0 Å². The van der Waals surface area contributed by atoms with Gasteiger partial charge in [0.25, 0.3) is 5.91 Å². The van der Waals surface area contributed by atoms with Gasteiger partial charge < -0.3 is 0 Å². The summed E-state index contributed by atoms with van der Waals surface area (Å²) < 4.78 is 2.41. The highest BCUT2D eigenvalue weighted by molar-refractivity contribution is 9.10. The van der Waals surface area contributed by atoms with Crippen LogP contribution in [0.25, 0.3) is 5.69 Å². The van der Waals surface area contributed by atoms with Gasteiger partial charge in [-0.1, -0.05) is 28.1 Å². The van der Waals surface area contributed by atoms with Crippen molar-refractivity contribution >= 4 is 27.7 Å². The van der Waals surface area contributed by atoms with Crippen LogP contribution in [0.2, 0.25) is 0 Å². The Labute approximate surface area is 163 Å². The quantitative estimate of drug-likeness (QED) is 0.620. The fourth-order valence-corrected chi connectivity index (χ4v) is 3.31. The third kappa shape index (κ3) is 3.45. The van der Waals surface area contributed by atoms with Crippen molar-refractivity contribution in [2.45, 2.75) is 18.3 Å². The van der Waals surface area contributed by atoms with E-state index in [1.54, 1.807) is 24.3 Å². The Hall–Kier alpha value is -3.07. The molecule has 0 atom stereocenters. The zero-order chi connectivity index (χ0) is 18.9. The van der Waals surface area contributed by atoms with E-state index in [1.165, 1.54) is 11.0 Å². The summed E-state index contributed by atoms with van der Waals surface area (Å²) in [5, 5.41) is 10.9. The Morgan fingerprint density at radius 3 is 2.48 bits per heavy atom. The molecule has 1 aliphatic carbocycles. The van der Waals surface area contributed by atoms with Gasteiger partial charge in [-0.15, -0.1) is 5.10 Å². The van der Waals surface area contributed by atoms with E-state index in [9.17, 15) is 9.59 Å². The molecule has 2 aromatic carbocycles. The summed E-state index contributed by atoms with van der Waals surface area (Å²) in [4.78, 5) is 24.9. The van der Waals surface area contributed by atoms with Gasteiger partial charge in [0.2, 0.25) is 5.91 Å². The average molecular weight is 427 g/mol. The highest BCUT2D eigenvalue weighted by Crippen LogP contribution is 2.48. The van der Waals surface area contributed by atoms with Crippen LogP contribution in [0.3, 0.4) is 0 Å². The number of nitrogens with zero attached hydrogens (tertiary/aromatic N) is 4. The normalized spacial score (nSPS) is 14.4. The second-order valence-electron chi connectivity index (χ2n) is 6.30. The smallest absolute Gasteiger partial charge is 0.269 e. The van der Waals surface area contributed by atoms with Crippen LogP contribution in [0.1, 0.15) is 28.8 Å². The monoisotopic (exact) mass is 426 g/mol. The largest absolute Gasteiger partial charge is 0.272 e. The van der Waals surface area contributed by atoms with Gasteiger partial charge >= 0.3 is 0 Å². The van der Waals surface area contributed by atoms with E-state index in [1.807, 2.05) is 24.3 Å². The summed E-state index contributed by atoms with van der Waals surface area (Å²) in [6.45, 7) is 0. The first-order valence-corrected chi connectivity index (χ1v) is 9.08. The number of aromatic nitrogens is 4. The molecule has 0 spiro atoms. The number of hydrogen-bond acceptors (Lipinski definition) is 5. The second-order valence-corrected chi connectivity index (χ2v) is 7.22. The lowest BCUT2D eigenvalue weighted by Crippen LogP contribution is -2.46. The molecule has 27 heavy (non-hydrogen) atoms. The summed E-state index contributed by atoms with van der Waals surface area (Å²) >= 11 is 3.43. The Balaban J connectivity index is 1.40. The first kappa shape index (κ1) is 17.3. The van der Waals surface area contributed by atoms with E-state index in [0.29, 0.717) is 5.56 Å². The molecule has 1 saturated carbocycles. The maximum absolute atomic E-state index is 12.6. The summed E-state index contributed by atoms with van der Waals surface area (Å²) in [5.41, 5.74) is 6.55. The molecule has 1 heterocycles. The molecule has 136 valence electrons. The van der Waals surface area contributed by atoms with Gasteiger partial charge in [0, 0.05) is 10.0 Å². The molecule has 1 aromatic heterocycles. The van der Waals surface area contributed by atoms with Gasteiger partial charge in [-0.3, -0.25) is 20.4 Å². The van der Waals surface area contributed by atoms with Crippen molar-refractivity contribution in [3.05, 3.63) is 70.5 Å². The minimum Gasteiger partial charge on any atom is -0.272 e. The van der Waals surface area contributed by atoms with Crippen molar-refractivity contribution in [3.63, 3.8) is 0 Å². The third-order valence-electron chi connectivity index (χ3n) is 4.59. The van der Waals surface area contributed by atoms with Gasteiger partial charge in [-0.2, -0.15) is 0 Å². The lowest BCUT2D eigenvalue weighted by molar-refractivity contribution is -0.124. The summed E-state index contributed by atoms with van der Waals surface area (Å²) in [7, 11) is 0. The summed E-state index contributed by atoms with van der Waals surface area (Å²) in [6.07, 6.45) is 2.98. The maximum Gasteiger partial charge on any atom is 0.269 e. The predicted octanol–water partition coefficient (Wildman–Crippen LogP) is 1.92. The molecule has 1 aliphatic rings. The molecule has 8 nitrogen and oxygen atoms in total. The van der Waals surface area contributed by atoms with E-state index < -0.39 is 11.3 Å². The van der Waals surface area contributed by atoms with Crippen LogP contribution in [0, 0.1) is 0 Å². The van der Waals surface area contributed by atoms with Crippen molar-refractivity contribution in [1.29, 1.82) is 0 Å². The molecular weight excluding hydrogens is 412 g/mol. The van der Waals surface area contributed by atoms with Gasteiger partial charge in [0.1, 0.15) is 6.33 Å². The van der Waals surface area contributed by atoms with E-state index >= 15 is 0 Å². The van der Waals surface area contributed by atoms with Crippen molar-refractivity contribution < 1.29 is 9.59 Å². The first-order valence-electron chi connectivity index (χ1n) is 8.29. The van der Waals surface area contributed by atoms with Crippen LogP contribution < -0.4 is 10.9 Å². The van der Waals surface area contributed by atoms with E-state index in [2.05, 4.69) is 42.3 Å². The highest BCUT2D eigenvalue weighted by atomic mass is 79.9. The average Bonchev–Trinajstić information content (AvgIpc) is 3.33. The van der Waals surface area contributed by atoms with Crippen LogP contribution >= 0.6 is 15.9 Å². The maximum atomic E-state index is 12.6. The standard InChI is InChI=1S/C18H15BrN6O2/c19-14-3-1-2-13(10-14)18(8-9-18)17(27)22-21-16(26)12-4-6-15(7-5-12)25-11-20-23-24-25/h1-7,10-11H,8-9H2,(H,21,26)(H,22,27). The highest BCUT2D eigenvalue weighted by Gasteiger charge is 2.51. The SMILES string of the molecule is O=C(NNC(=O)C1(c2cccc(Br)c2)CC1)c1ccc(-n2cnnn2)cc1. The van der Waals surface area contributed by atoms with Gasteiger partial charge in [-0.05, 0) is 65.2 Å². The van der Waals surface area contributed by atoms with E-state index in [4.69, 9.17) is 0 Å². The molecule has 0 radical (unpaired) electrons. The first-order chi connectivity index (χ1) is 13.1. The number of benzene rings is 2. The molecular formula is C18H15BrN6O2. The van der Waals surface area contributed by atoms with Crippen molar-refractivity contribution in [3.8, 4) is 5.69 Å². The van der Waals surface area contributed by atoms with Crippen molar-refractivity contribution in [1.82, 2.24) is 31.1 Å². The number of tetrazole rings is 1. The molecule has 0 unspecified atom stereocenters. The number of hydrazine groups is 1. The van der Waals surface area contributed by atoms with Crippen molar-refractivity contribution in [2.24, 2.45) is 0 Å². The topological polar surface area (TPSA) is 102 Å². The number of rotatable bonds is 4. The van der Waals surface area contributed by atoms with Crippen LogP contribution in [0.15, 0.2) is 59.3 Å². The molecule has 3 aromatic rings. The fourth-order valence-electron chi connectivity index (χ4n) is 2.91. The molecule has 4 rings (SSSR count). The molecule has 0 saturated heterocycles. The molecule has 0 bridgehead atoms. The number of halogens is 1. The minimum absolute atomic E-state index is 0.209. The Morgan fingerprint density at radius 2 is 1.85 bits per heavy atom. The van der Waals surface area contributed by atoms with Gasteiger partial charge in [0.05, 0.1) is 11.1 Å². The minimum atomic E-state index is -0.568. The lowest BCUT2D eigenvalue weighted by atomic mass is 9.95. The zero-order valence-corrected chi connectivity index (χ0v) is 15.7. The number of nitrogens with one attached hydrogen (secondary N) is 2. The zero-order valence-electron chi connectivity index (χ0n) is 14.1. The molecule has 2 N–H and O–H groups in total. The third-order valence-corrected chi connectivity index (χ3v) is 5.09.